The van der Waals surface area contributed by atoms with Gasteiger partial charge in [-0.2, -0.15) is 0 Å². The molecule has 1 saturated carbocycles. The topological polar surface area (TPSA) is 60.1 Å². The van der Waals surface area contributed by atoms with Crippen molar-refractivity contribution in [2.75, 3.05) is 5.32 Å². The van der Waals surface area contributed by atoms with Crippen LogP contribution in [0.2, 0.25) is 0 Å². The van der Waals surface area contributed by atoms with E-state index in [2.05, 4.69) is 16.0 Å². The van der Waals surface area contributed by atoms with Crippen molar-refractivity contribution in [3.8, 4) is 22.5 Å². The fraction of sp³-hybridized carbons (Fsp3) is 0.259. The molecule has 0 radical (unpaired) electrons. The number of hydrogen-bond acceptors (Lipinski definition) is 3. The quantitative estimate of drug-likeness (QED) is 0.364. The number of nitrogens with zero attached hydrogens (tertiary/aromatic N) is 2. The van der Waals surface area contributed by atoms with E-state index in [1.165, 1.54) is 31.2 Å². The molecule has 5 rings (SSSR count). The first kappa shape index (κ1) is 21.2. The predicted molar refractivity (Wildman–Crippen MR) is 127 cm³/mol. The Bertz CT molecular complexity index is 1280. The molecule has 0 unspecified atom stereocenters. The number of aryl methyl sites for hydroxylation is 1. The van der Waals surface area contributed by atoms with E-state index in [-0.39, 0.29) is 17.5 Å². The molecule has 5 nitrogen and oxygen atoms in total. The number of hydrogen-bond donors (Lipinski definition) is 1. The highest BCUT2D eigenvalue weighted by Crippen LogP contribution is 2.40. The van der Waals surface area contributed by atoms with Gasteiger partial charge in [0.25, 0.3) is 5.91 Å². The summed E-state index contributed by atoms with van der Waals surface area (Å²) in [5, 5.41) is 3.00. The standard InChI is InChI=1S/C27H26FN3O2/c1-17-14-20(15-23(18(17)2)30-27(32)24-8-5-13-33-24)26-25(19-9-11-21(28)12-10-19)29-16-31(26)22-6-3-4-7-22/h5,8-16,22H,3-4,6-7H2,1-2H3,(H,30,32). The third kappa shape index (κ3) is 4.09. The molecule has 0 aliphatic heterocycles. The number of nitrogens with one attached hydrogen (secondary N) is 1. The van der Waals surface area contributed by atoms with E-state index in [4.69, 9.17) is 9.40 Å². The van der Waals surface area contributed by atoms with E-state index in [0.29, 0.717) is 6.04 Å². The molecule has 2 aromatic carbocycles. The summed E-state index contributed by atoms with van der Waals surface area (Å²) >= 11 is 0. The maximum absolute atomic E-state index is 13.6. The molecule has 168 valence electrons. The zero-order chi connectivity index (χ0) is 22.9. The molecular formula is C27H26FN3O2. The lowest BCUT2D eigenvalue weighted by Gasteiger charge is -2.19. The van der Waals surface area contributed by atoms with Gasteiger partial charge >= 0.3 is 0 Å². The maximum atomic E-state index is 13.6. The first-order valence-corrected chi connectivity index (χ1v) is 11.3. The summed E-state index contributed by atoms with van der Waals surface area (Å²) in [4.78, 5) is 17.4. The monoisotopic (exact) mass is 443 g/mol. The number of imidazole rings is 1. The van der Waals surface area contributed by atoms with Crippen molar-refractivity contribution in [2.24, 2.45) is 0 Å². The first-order chi connectivity index (χ1) is 16.0. The minimum absolute atomic E-state index is 0.264. The molecule has 0 atom stereocenters. The van der Waals surface area contributed by atoms with E-state index < -0.39 is 0 Å². The summed E-state index contributed by atoms with van der Waals surface area (Å²) in [6.07, 6.45) is 8.01. The van der Waals surface area contributed by atoms with Crippen molar-refractivity contribution in [2.45, 2.75) is 45.6 Å². The van der Waals surface area contributed by atoms with Gasteiger partial charge in [0.2, 0.25) is 0 Å². The molecule has 1 fully saturated rings. The minimum Gasteiger partial charge on any atom is -0.459 e. The molecule has 33 heavy (non-hydrogen) atoms. The van der Waals surface area contributed by atoms with Crippen molar-refractivity contribution < 1.29 is 13.6 Å². The summed E-state index contributed by atoms with van der Waals surface area (Å²) in [7, 11) is 0. The molecular weight excluding hydrogens is 417 g/mol. The SMILES string of the molecule is Cc1cc(-c2c(-c3ccc(F)cc3)ncn2C2CCCC2)cc(NC(=O)c2ccco2)c1C. The lowest BCUT2D eigenvalue weighted by molar-refractivity contribution is 0.0996. The van der Waals surface area contributed by atoms with Crippen molar-refractivity contribution >= 4 is 11.6 Å². The number of rotatable bonds is 5. The van der Waals surface area contributed by atoms with Crippen molar-refractivity contribution in [1.82, 2.24) is 9.55 Å². The van der Waals surface area contributed by atoms with E-state index in [1.807, 2.05) is 26.2 Å². The lowest BCUT2D eigenvalue weighted by Crippen LogP contribution is -2.13. The average molecular weight is 444 g/mol. The van der Waals surface area contributed by atoms with Crippen molar-refractivity contribution in [1.29, 1.82) is 0 Å². The molecule has 2 heterocycles. The van der Waals surface area contributed by atoms with Crippen LogP contribution in [-0.2, 0) is 0 Å². The number of carbonyl (C=O) groups excluding carboxylic acids is 1. The largest absolute Gasteiger partial charge is 0.459 e. The van der Waals surface area contributed by atoms with E-state index >= 15 is 0 Å². The Morgan fingerprint density at radius 2 is 1.85 bits per heavy atom. The molecule has 1 amide bonds. The fourth-order valence-electron chi connectivity index (χ4n) is 4.64. The van der Waals surface area contributed by atoms with Gasteiger partial charge in [-0.05, 0) is 86.3 Å². The van der Waals surface area contributed by atoms with Gasteiger partial charge in [0.05, 0.1) is 24.0 Å². The van der Waals surface area contributed by atoms with Gasteiger partial charge in [0.1, 0.15) is 5.82 Å². The smallest absolute Gasteiger partial charge is 0.291 e. The number of furan rings is 1. The number of aromatic nitrogens is 2. The highest BCUT2D eigenvalue weighted by Gasteiger charge is 2.24. The van der Waals surface area contributed by atoms with Crippen molar-refractivity contribution in [3.05, 3.63) is 83.8 Å². The van der Waals surface area contributed by atoms with E-state index in [0.717, 1.165) is 52.2 Å². The first-order valence-electron chi connectivity index (χ1n) is 11.3. The number of halogens is 1. The second-order valence-electron chi connectivity index (χ2n) is 8.69. The van der Waals surface area contributed by atoms with Crippen LogP contribution in [0, 0.1) is 19.7 Å². The van der Waals surface area contributed by atoms with Gasteiger partial charge in [0.15, 0.2) is 5.76 Å². The maximum Gasteiger partial charge on any atom is 0.291 e. The average Bonchev–Trinajstić information content (AvgIpc) is 3.58. The molecule has 1 aliphatic rings. The second kappa shape index (κ2) is 8.70. The number of benzene rings is 2. The Morgan fingerprint density at radius 3 is 2.55 bits per heavy atom. The molecule has 0 saturated heterocycles. The molecule has 0 spiro atoms. The number of anilines is 1. The number of amides is 1. The summed E-state index contributed by atoms with van der Waals surface area (Å²) < 4.78 is 21.1. The highest BCUT2D eigenvalue weighted by molar-refractivity contribution is 6.03. The third-order valence-corrected chi connectivity index (χ3v) is 6.56. The van der Waals surface area contributed by atoms with E-state index in [9.17, 15) is 9.18 Å². The fourth-order valence-corrected chi connectivity index (χ4v) is 4.64. The summed E-state index contributed by atoms with van der Waals surface area (Å²) in [5.41, 5.74) is 6.42. The van der Waals surface area contributed by atoms with Crippen LogP contribution in [0.3, 0.4) is 0 Å². The molecule has 6 heteroatoms. The Kier molecular flexibility index (Phi) is 5.58. The zero-order valence-electron chi connectivity index (χ0n) is 18.8. The van der Waals surface area contributed by atoms with Gasteiger partial charge in [-0.3, -0.25) is 4.79 Å². The van der Waals surface area contributed by atoms with Gasteiger partial charge in [-0.15, -0.1) is 0 Å². The summed E-state index contributed by atoms with van der Waals surface area (Å²) in [5.74, 6) is -0.298. The molecule has 0 bridgehead atoms. The Labute approximate surface area is 192 Å². The van der Waals surface area contributed by atoms with Gasteiger partial charge in [-0.25, -0.2) is 9.37 Å². The number of carbonyl (C=O) groups is 1. The van der Waals surface area contributed by atoms with E-state index in [1.54, 1.807) is 24.3 Å². The Balaban J connectivity index is 1.63. The highest BCUT2D eigenvalue weighted by atomic mass is 19.1. The van der Waals surface area contributed by atoms with Crippen molar-refractivity contribution in [3.63, 3.8) is 0 Å². The van der Waals surface area contributed by atoms with Gasteiger partial charge < -0.3 is 14.3 Å². The predicted octanol–water partition coefficient (Wildman–Crippen LogP) is 6.93. The Hall–Kier alpha value is -3.67. The van der Waals surface area contributed by atoms with Crippen LogP contribution in [0.4, 0.5) is 10.1 Å². The van der Waals surface area contributed by atoms with Crippen LogP contribution >= 0.6 is 0 Å². The van der Waals surface area contributed by atoms with Crippen LogP contribution < -0.4 is 5.32 Å². The van der Waals surface area contributed by atoms with Gasteiger partial charge in [-0.1, -0.05) is 12.8 Å². The second-order valence-corrected chi connectivity index (χ2v) is 8.69. The molecule has 4 aromatic rings. The van der Waals surface area contributed by atoms with Crippen LogP contribution in [0.1, 0.15) is 53.4 Å². The van der Waals surface area contributed by atoms with Crippen LogP contribution in [0.5, 0.6) is 0 Å². The van der Waals surface area contributed by atoms with Crippen LogP contribution in [-0.4, -0.2) is 15.5 Å². The minimum atomic E-state index is -0.289. The summed E-state index contributed by atoms with van der Waals surface area (Å²) in [6.45, 7) is 4.03. The molecule has 1 N–H and O–H groups in total. The summed E-state index contributed by atoms with van der Waals surface area (Å²) in [6, 6.07) is 14.3. The lowest BCUT2D eigenvalue weighted by atomic mass is 9.98. The third-order valence-electron chi connectivity index (χ3n) is 6.56. The molecule has 2 aromatic heterocycles. The van der Waals surface area contributed by atoms with Gasteiger partial charge in [0, 0.05) is 22.9 Å². The Morgan fingerprint density at radius 1 is 1.09 bits per heavy atom. The van der Waals surface area contributed by atoms with Crippen LogP contribution in [0.25, 0.3) is 22.5 Å². The normalized spacial score (nSPS) is 14.0. The molecule has 1 aliphatic carbocycles. The van der Waals surface area contributed by atoms with Crippen LogP contribution in [0.15, 0.2) is 65.5 Å². The zero-order valence-corrected chi connectivity index (χ0v) is 18.8.